The first-order valence-corrected chi connectivity index (χ1v) is 18.8. The molecule has 0 spiro atoms. The van der Waals surface area contributed by atoms with Crippen LogP contribution in [0.4, 0.5) is 0 Å². The van der Waals surface area contributed by atoms with Gasteiger partial charge in [-0.25, -0.2) is 0 Å². The van der Waals surface area contributed by atoms with Crippen LogP contribution < -0.4 is 0 Å². The molecule has 0 aliphatic carbocycles. The average molecular weight is 570 g/mol. The van der Waals surface area contributed by atoms with Gasteiger partial charge in [0.25, 0.3) is 0 Å². The summed E-state index contributed by atoms with van der Waals surface area (Å²) in [6.07, 6.45) is 47.1. The molecule has 1 heteroatoms. The van der Waals surface area contributed by atoms with E-state index in [0.717, 1.165) is 12.0 Å². The molecule has 1 fully saturated rings. The van der Waals surface area contributed by atoms with E-state index in [-0.39, 0.29) is 0 Å². The van der Waals surface area contributed by atoms with Gasteiger partial charge < -0.3 is 4.90 Å². The molecule has 0 saturated carbocycles. The van der Waals surface area contributed by atoms with E-state index >= 15 is 0 Å². The molecular formula is C40H75N. The Kier molecular flexibility index (Phi) is 27.3. The van der Waals surface area contributed by atoms with Crippen LogP contribution in [0.1, 0.15) is 193 Å². The van der Waals surface area contributed by atoms with Gasteiger partial charge in [0.2, 0.25) is 0 Å². The third kappa shape index (κ3) is 24.3. The summed E-state index contributed by atoms with van der Waals surface area (Å²) in [7, 11) is 2.33. The number of likely N-dealkylation sites (tertiary alicyclic amines) is 1. The smallest absolute Gasteiger partial charge is 0.00926 e. The van der Waals surface area contributed by atoms with Crippen molar-refractivity contribution < 1.29 is 0 Å². The summed E-state index contributed by atoms with van der Waals surface area (Å²) < 4.78 is 0. The van der Waals surface area contributed by atoms with Crippen LogP contribution in [0.2, 0.25) is 0 Å². The van der Waals surface area contributed by atoms with Gasteiger partial charge in [0.05, 0.1) is 0 Å². The minimum Gasteiger partial charge on any atom is -0.303 e. The van der Waals surface area contributed by atoms with E-state index in [0.29, 0.717) is 0 Å². The van der Waals surface area contributed by atoms with Crippen molar-refractivity contribution in [3.8, 4) is 0 Å². The SMILES string of the molecule is C=CCCCCCCCC(CCCCC1CCCN1C)CCC(=C)CCCCCCCCCC/C=C\CCCCC. The van der Waals surface area contributed by atoms with Gasteiger partial charge in [0, 0.05) is 6.04 Å². The fourth-order valence-electron chi connectivity index (χ4n) is 6.82. The standard InChI is InChI=1S/C40H75N/c1-5-7-9-11-13-14-15-16-17-18-19-20-22-23-25-30-38(3)35-36-39(31-26-24-21-12-10-8-6-2)32-27-28-33-40-34-29-37-41(40)4/h6,13-14,39-40H,2-3,5,7-12,15-37H2,1,4H3/b14-13-. The van der Waals surface area contributed by atoms with Crippen molar-refractivity contribution in [1.82, 2.24) is 4.90 Å². The molecule has 1 heterocycles. The maximum atomic E-state index is 4.51. The van der Waals surface area contributed by atoms with E-state index in [2.05, 4.69) is 50.3 Å². The zero-order valence-electron chi connectivity index (χ0n) is 28.5. The van der Waals surface area contributed by atoms with Crippen LogP contribution in [0.5, 0.6) is 0 Å². The highest BCUT2D eigenvalue weighted by Crippen LogP contribution is 2.27. The Morgan fingerprint density at radius 1 is 0.683 bits per heavy atom. The Balaban J connectivity index is 2.08. The van der Waals surface area contributed by atoms with Gasteiger partial charge in [-0.3, -0.25) is 0 Å². The Bertz CT molecular complexity index is 604. The largest absolute Gasteiger partial charge is 0.303 e. The van der Waals surface area contributed by atoms with Crippen molar-refractivity contribution in [2.24, 2.45) is 5.92 Å². The molecule has 0 aromatic rings. The van der Waals surface area contributed by atoms with Crippen LogP contribution in [0.15, 0.2) is 37.0 Å². The maximum Gasteiger partial charge on any atom is 0.00926 e. The number of unbranched alkanes of at least 4 members (excludes halogenated alkanes) is 17. The fourth-order valence-corrected chi connectivity index (χ4v) is 6.82. The van der Waals surface area contributed by atoms with E-state index < -0.39 is 0 Å². The number of hydrogen-bond acceptors (Lipinski definition) is 1. The Hall–Kier alpha value is -0.820. The maximum absolute atomic E-state index is 4.51. The van der Waals surface area contributed by atoms with Gasteiger partial charge in [-0.1, -0.05) is 140 Å². The van der Waals surface area contributed by atoms with Crippen LogP contribution in [0.25, 0.3) is 0 Å². The molecule has 0 N–H and O–H groups in total. The highest BCUT2D eigenvalue weighted by Gasteiger charge is 2.20. The van der Waals surface area contributed by atoms with E-state index in [1.165, 1.54) is 198 Å². The van der Waals surface area contributed by atoms with E-state index in [1.807, 2.05) is 0 Å². The molecular weight excluding hydrogens is 494 g/mol. The second-order valence-electron chi connectivity index (χ2n) is 13.7. The summed E-state index contributed by atoms with van der Waals surface area (Å²) in [5.74, 6) is 0.929. The summed E-state index contributed by atoms with van der Waals surface area (Å²) >= 11 is 0. The Labute approximate surface area is 260 Å². The molecule has 0 radical (unpaired) electrons. The second kappa shape index (κ2) is 29.3. The lowest BCUT2D eigenvalue weighted by molar-refractivity contribution is 0.284. The minimum atomic E-state index is 0.871. The Morgan fingerprint density at radius 2 is 1.24 bits per heavy atom. The lowest BCUT2D eigenvalue weighted by atomic mass is 9.88. The van der Waals surface area contributed by atoms with E-state index in [1.54, 1.807) is 0 Å². The second-order valence-corrected chi connectivity index (χ2v) is 13.7. The zero-order valence-corrected chi connectivity index (χ0v) is 28.5. The summed E-state index contributed by atoms with van der Waals surface area (Å²) in [6.45, 7) is 12.0. The van der Waals surface area contributed by atoms with Crippen molar-refractivity contribution >= 4 is 0 Å². The minimum absolute atomic E-state index is 0.871. The van der Waals surface area contributed by atoms with Crippen LogP contribution >= 0.6 is 0 Å². The highest BCUT2D eigenvalue weighted by atomic mass is 15.1. The highest BCUT2D eigenvalue weighted by molar-refractivity contribution is 4.94. The van der Waals surface area contributed by atoms with Crippen LogP contribution in [-0.2, 0) is 0 Å². The molecule has 0 aromatic carbocycles. The van der Waals surface area contributed by atoms with E-state index in [9.17, 15) is 0 Å². The Morgan fingerprint density at radius 3 is 1.85 bits per heavy atom. The predicted molar refractivity (Wildman–Crippen MR) is 188 cm³/mol. The number of allylic oxidation sites excluding steroid dienone is 4. The molecule has 1 rings (SSSR count). The summed E-state index contributed by atoms with van der Waals surface area (Å²) in [5.41, 5.74) is 1.54. The summed E-state index contributed by atoms with van der Waals surface area (Å²) in [4.78, 5) is 2.60. The van der Waals surface area contributed by atoms with Crippen molar-refractivity contribution in [3.63, 3.8) is 0 Å². The van der Waals surface area contributed by atoms with Gasteiger partial charge in [0.15, 0.2) is 0 Å². The molecule has 240 valence electrons. The van der Waals surface area contributed by atoms with Crippen molar-refractivity contribution in [3.05, 3.63) is 37.0 Å². The third-order valence-electron chi connectivity index (χ3n) is 9.79. The van der Waals surface area contributed by atoms with Gasteiger partial charge in [-0.05, 0) is 103 Å². The molecule has 1 nitrogen and oxygen atoms in total. The normalized spacial score (nSPS) is 16.6. The number of nitrogens with zero attached hydrogens (tertiary/aromatic N) is 1. The summed E-state index contributed by atoms with van der Waals surface area (Å²) in [5, 5.41) is 0. The monoisotopic (exact) mass is 570 g/mol. The zero-order chi connectivity index (χ0) is 29.6. The fraction of sp³-hybridized carbons (Fsp3) is 0.850. The van der Waals surface area contributed by atoms with Crippen LogP contribution in [0, 0.1) is 5.92 Å². The molecule has 1 aliphatic rings. The first-order chi connectivity index (χ1) is 20.2. The topological polar surface area (TPSA) is 3.24 Å². The molecule has 2 unspecified atom stereocenters. The van der Waals surface area contributed by atoms with Crippen molar-refractivity contribution in [2.75, 3.05) is 13.6 Å². The first kappa shape index (κ1) is 38.2. The van der Waals surface area contributed by atoms with Gasteiger partial charge in [0.1, 0.15) is 0 Å². The molecule has 1 aliphatic heterocycles. The van der Waals surface area contributed by atoms with Crippen LogP contribution in [-0.4, -0.2) is 24.5 Å². The van der Waals surface area contributed by atoms with Gasteiger partial charge in [-0.2, -0.15) is 0 Å². The van der Waals surface area contributed by atoms with Gasteiger partial charge in [-0.15, -0.1) is 6.58 Å². The lowest BCUT2D eigenvalue weighted by Crippen LogP contribution is -2.24. The molecule has 2 atom stereocenters. The van der Waals surface area contributed by atoms with Crippen LogP contribution in [0.3, 0.4) is 0 Å². The van der Waals surface area contributed by atoms with E-state index in [4.69, 9.17) is 0 Å². The first-order valence-electron chi connectivity index (χ1n) is 18.8. The molecule has 41 heavy (non-hydrogen) atoms. The number of rotatable bonds is 31. The number of hydrogen-bond donors (Lipinski definition) is 0. The lowest BCUT2D eigenvalue weighted by Gasteiger charge is -2.21. The summed E-state index contributed by atoms with van der Waals surface area (Å²) in [6, 6.07) is 0.871. The van der Waals surface area contributed by atoms with Crippen molar-refractivity contribution in [2.45, 2.75) is 199 Å². The average Bonchev–Trinajstić information content (AvgIpc) is 3.39. The molecule has 0 bridgehead atoms. The quantitative estimate of drug-likeness (QED) is 0.0592. The van der Waals surface area contributed by atoms with Crippen molar-refractivity contribution in [1.29, 1.82) is 0 Å². The van der Waals surface area contributed by atoms with Gasteiger partial charge >= 0.3 is 0 Å². The third-order valence-corrected chi connectivity index (χ3v) is 9.79. The molecule has 0 amide bonds. The predicted octanol–water partition coefficient (Wildman–Crippen LogP) is 13.5. The molecule has 0 aromatic heterocycles. The molecule has 1 saturated heterocycles.